The highest BCUT2D eigenvalue weighted by Gasteiger charge is 2.15. The van der Waals surface area contributed by atoms with Gasteiger partial charge in [0.05, 0.1) is 4.90 Å². The maximum atomic E-state index is 11.8. The average molecular weight is 307 g/mol. The maximum Gasteiger partial charge on any atom is 0.251 e. The lowest BCUT2D eigenvalue weighted by Gasteiger charge is -2.18. The molecule has 1 rings (SSSR count). The molecule has 0 aromatic heterocycles. The molecule has 0 unspecified atom stereocenters. The average Bonchev–Trinajstić information content (AvgIpc) is 2.24. The van der Waals surface area contributed by atoms with Crippen molar-refractivity contribution in [3.05, 3.63) is 29.8 Å². The second-order valence-electron chi connectivity index (χ2n) is 4.97. The normalized spacial score (nSPS) is 11.6. The molecule has 1 aromatic carbocycles. The zero-order chi connectivity index (χ0) is 14.0. The second-order valence-corrected chi connectivity index (χ2v) is 6.99. The van der Waals surface area contributed by atoms with Crippen LogP contribution >= 0.6 is 12.4 Å². The molecule has 0 fully saturated rings. The third kappa shape index (κ3) is 6.04. The monoisotopic (exact) mass is 306 g/mol. The Balaban J connectivity index is 0.00000324. The summed E-state index contributed by atoms with van der Waals surface area (Å²) in [5, 5.41) is 2.66. The highest BCUT2D eigenvalue weighted by atomic mass is 35.5. The molecule has 3 N–H and O–H groups in total. The molecule has 0 saturated carbocycles. The van der Waals surface area contributed by atoms with Crippen molar-refractivity contribution in [1.29, 1.82) is 0 Å². The Morgan fingerprint density at radius 2 is 1.95 bits per heavy atom. The number of carbonyl (C=O) groups is 1. The largest absolute Gasteiger partial charge is 0.350 e. The minimum Gasteiger partial charge on any atom is -0.350 e. The lowest BCUT2D eigenvalue weighted by molar-refractivity contribution is 0.0946. The summed E-state index contributed by atoms with van der Waals surface area (Å²) in [6, 6.07) is 5.92. The Labute approximate surface area is 119 Å². The molecule has 19 heavy (non-hydrogen) atoms. The first-order chi connectivity index (χ1) is 8.09. The number of amides is 1. The van der Waals surface area contributed by atoms with Gasteiger partial charge in [0.25, 0.3) is 5.91 Å². The SMILES string of the molecule is CC(C)(N)CNC(=O)c1cccc(S(C)(=O)=O)c1.Cl. The summed E-state index contributed by atoms with van der Waals surface area (Å²) < 4.78 is 22.7. The first-order valence-electron chi connectivity index (χ1n) is 5.47. The van der Waals surface area contributed by atoms with E-state index in [9.17, 15) is 13.2 Å². The van der Waals surface area contributed by atoms with E-state index in [0.29, 0.717) is 12.1 Å². The minimum atomic E-state index is -3.31. The molecule has 1 aromatic rings. The number of halogens is 1. The lowest BCUT2D eigenvalue weighted by atomic mass is 10.1. The fraction of sp³-hybridized carbons (Fsp3) is 0.417. The third-order valence-electron chi connectivity index (χ3n) is 2.23. The third-order valence-corrected chi connectivity index (χ3v) is 3.34. The molecule has 0 heterocycles. The van der Waals surface area contributed by atoms with E-state index in [1.807, 2.05) is 0 Å². The summed E-state index contributed by atoms with van der Waals surface area (Å²) in [6.07, 6.45) is 1.10. The molecule has 0 radical (unpaired) electrons. The van der Waals surface area contributed by atoms with Gasteiger partial charge in [-0.25, -0.2) is 8.42 Å². The molecular weight excluding hydrogens is 288 g/mol. The van der Waals surface area contributed by atoms with Crippen LogP contribution in [0.4, 0.5) is 0 Å². The smallest absolute Gasteiger partial charge is 0.251 e. The van der Waals surface area contributed by atoms with Gasteiger partial charge in [-0.05, 0) is 32.0 Å². The van der Waals surface area contributed by atoms with Crippen LogP contribution in [-0.2, 0) is 9.84 Å². The van der Waals surface area contributed by atoms with Crippen molar-refractivity contribution in [2.45, 2.75) is 24.3 Å². The molecule has 0 bridgehead atoms. The Morgan fingerprint density at radius 1 is 1.37 bits per heavy atom. The summed E-state index contributed by atoms with van der Waals surface area (Å²) in [6.45, 7) is 3.90. The zero-order valence-corrected chi connectivity index (χ0v) is 12.8. The Morgan fingerprint density at radius 3 is 2.42 bits per heavy atom. The van der Waals surface area contributed by atoms with E-state index in [0.717, 1.165) is 6.26 Å². The van der Waals surface area contributed by atoms with Crippen molar-refractivity contribution >= 4 is 28.2 Å². The molecule has 0 aliphatic carbocycles. The van der Waals surface area contributed by atoms with Crippen LogP contribution in [0.1, 0.15) is 24.2 Å². The van der Waals surface area contributed by atoms with Crippen LogP contribution in [0.25, 0.3) is 0 Å². The van der Waals surface area contributed by atoms with Gasteiger partial charge >= 0.3 is 0 Å². The number of hydrogen-bond acceptors (Lipinski definition) is 4. The van der Waals surface area contributed by atoms with Crippen LogP contribution < -0.4 is 11.1 Å². The van der Waals surface area contributed by atoms with Crippen LogP contribution in [0, 0.1) is 0 Å². The van der Waals surface area contributed by atoms with E-state index in [2.05, 4.69) is 5.32 Å². The molecule has 0 aliphatic heterocycles. The Kier molecular flexibility index (Phi) is 5.99. The topological polar surface area (TPSA) is 89.3 Å². The van der Waals surface area contributed by atoms with Crippen LogP contribution in [0.3, 0.4) is 0 Å². The van der Waals surface area contributed by atoms with Gasteiger partial charge in [0.1, 0.15) is 0 Å². The van der Waals surface area contributed by atoms with Crippen molar-refractivity contribution in [3.63, 3.8) is 0 Å². The molecule has 0 atom stereocenters. The molecule has 7 heteroatoms. The molecule has 0 spiro atoms. The maximum absolute atomic E-state index is 11.8. The standard InChI is InChI=1S/C12H18N2O3S.ClH/c1-12(2,13)8-14-11(15)9-5-4-6-10(7-9)18(3,16)17;/h4-7H,8,13H2,1-3H3,(H,14,15);1H. The molecular formula is C12H19ClN2O3S. The molecule has 1 amide bonds. The van der Waals surface area contributed by atoms with Gasteiger partial charge in [0.2, 0.25) is 0 Å². The fourth-order valence-corrected chi connectivity index (χ4v) is 1.94. The van der Waals surface area contributed by atoms with E-state index < -0.39 is 15.4 Å². The van der Waals surface area contributed by atoms with Crippen LogP contribution in [0.2, 0.25) is 0 Å². The van der Waals surface area contributed by atoms with E-state index in [1.54, 1.807) is 26.0 Å². The first-order valence-corrected chi connectivity index (χ1v) is 7.36. The van der Waals surface area contributed by atoms with E-state index >= 15 is 0 Å². The predicted molar refractivity (Wildman–Crippen MR) is 77.4 cm³/mol. The molecule has 0 aliphatic rings. The molecule has 5 nitrogen and oxygen atoms in total. The lowest BCUT2D eigenvalue weighted by Crippen LogP contribution is -2.45. The van der Waals surface area contributed by atoms with Crippen LogP contribution in [0.15, 0.2) is 29.2 Å². The first kappa shape index (κ1) is 17.9. The van der Waals surface area contributed by atoms with E-state index in [1.165, 1.54) is 12.1 Å². The number of hydrogen-bond donors (Lipinski definition) is 2. The van der Waals surface area contributed by atoms with E-state index in [-0.39, 0.29) is 23.2 Å². The van der Waals surface area contributed by atoms with Crippen molar-refractivity contribution in [3.8, 4) is 0 Å². The number of sulfone groups is 1. The van der Waals surface area contributed by atoms with Gasteiger partial charge in [-0.15, -0.1) is 12.4 Å². The number of nitrogens with one attached hydrogen (secondary N) is 1. The zero-order valence-electron chi connectivity index (χ0n) is 11.1. The van der Waals surface area contributed by atoms with Crippen molar-refractivity contribution < 1.29 is 13.2 Å². The number of nitrogens with two attached hydrogens (primary N) is 1. The Bertz CT molecular complexity index is 550. The van der Waals surface area contributed by atoms with Gasteiger partial charge < -0.3 is 11.1 Å². The van der Waals surface area contributed by atoms with Gasteiger partial charge in [-0.2, -0.15) is 0 Å². The highest BCUT2D eigenvalue weighted by molar-refractivity contribution is 7.90. The van der Waals surface area contributed by atoms with Crippen molar-refractivity contribution in [2.75, 3.05) is 12.8 Å². The number of rotatable bonds is 4. The van der Waals surface area contributed by atoms with Crippen LogP contribution in [0.5, 0.6) is 0 Å². The fourth-order valence-electron chi connectivity index (χ4n) is 1.28. The minimum absolute atomic E-state index is 0. The highest BCUT2D eigenvalue weighted by Crippen LogP contribution is 2.11. The van der Waals surface area contributed by atoms with Gasteiger partial charge in [-0.3, -0.25) is 4.79 Å². The van der Waals surface area contributed by atoms with Gasteiger partial charge in [0.15, 0.2) is 9.84 Å². The number of carbonyl (C=O) groups excluding carboxylic acids is 1. The van der Waals surface area contributed by atoms with Crippen molar-refractivity contribution in [2.24, 2.45) is 5.73 Å². The van der Waals surface area contributed by atoms with Gasteiger partial charge in [0, 0.05) is 23.9 Å². The quantitative estimate of drug-likeness (QED) is 0.867. The molecule has 108 valence electrons. The second kappa shape index (κ2) is 6.36. The summed E-state index contributed by atoms with van der Waals surface area (Å²) in [5.74, 6) is -0.334. The number of benzene rings is 1. The van der Waals surface area contributed by atoms with E-state index in [4.69, 9.17) is 5.73 Å². The summed E-state index contributed by atoms with van der Waals surface area (Å²) >= 11 is 0. The van der Waals surface area contributed by atoms with Crippen molar-refractivity contribution in [1.82, 2.24) is 5.32 Å². The van der Waals surface area contributed by atoms with Gasteiger partial charge in [-0.1, -0.05) is 6.07 Å². The van der Waals surface area contributed by atoms with Crippen LogP contribution in [-0.4, -0.2) is 32.7 Å². The molecule has 0 saturated heterocycles. The summed E-state index contributed by atoms with van der Waals surface area (Å²) in [4.78, 5) is 11.9. The predicted octanol–water partition coefficient (Wildman–Crippen LogP) is 0.979. The summed E-state index contributed by atoms with van der Waals surface area (Å²) in [5.41, 5.74) is 5.55. The summed E-state index contributed by atoms with van der Waals surface area (Å²) in [7, 11) is -3.31. The Hall–Kier alpha value is -1.11.